The van der Waals surface area contributed by atoms with Crippen molar-refractivity contribution in [2.24, 2.45) is 0 Å². The van der Waals surface area contributed by atoms with Crippen LogP contribution in [-0.4, -0.2) is 109 Å². The summed E-state index contributed by atoms with van der Waals surface area (Å²) in [6.45, 7) is 10.6. The molecule has 10 nitrogen and oxygen atoms in total. The van der Waals surface area contributed by atoms with Gasteiger partial charge in [-0.3, -0.25) is 4.79 Å². The van der Waals surface area contributed by atoms with Crippen LogP contribution in [0.1, 0.15) is 88.3 Å². The highest BCUT2D eigenvalue weighted by Crippen LogP contribution is 2.28. The molecular weight excluding hydrogens is 698 g/mol. The minimum Gasteiger partial charge on any atom is -0.391 e. The van der Waals surface area contributed by atoms with E-state index in [1.54, 1.807) is 6.07 Å². The van der Waals surface area contributed by atoms with Gasteiger partial charge in [-0.2, -0.15) is 0 Å². The summed E-state index contributed by atoms with van der Waals surface area (Å²) in [5.74, 6) is -1.89. The van der Waals surface area contributed by atoms with Gasteiger partial charge in [0.15, 0.2) is 17.9 Å². The van der Waals surface area contributed by atoms with Gasteiger partial charge in [-0.25, -0.2) is 8.78 Å². The number of rotatable bonds is 25. The molecule has 0 saturated carbocycles. The molecule has 0 radical (unpaired) electrons. The average Bonchev–Trinajstić information content (AvgIpc) is 3.14. The second kappa shape index (κ2) is 23.8. The van der Waals surface area contributed by atoms with Crippen molar-refractivity contribution in [3.05, 3.63) is 83.1 Å². The first-order valence-corrected chi connectivity index (χ1v) is 19.5. The fraction of sp³-hybridized carbons (Fsp3) is 0.643. The molecule has 8 atom stereocenters. The van der Waals surface area contributed by atoms with E-state index in [9.17, 15) is 28.9 Å². The molecule has 0 aliphatic carbocycles. The minimum absolute atomic E-state index is 0.201. The minimum atomic E-state index is -1.31. The fourth-order valence-electron chi connectivity index (χ4n) is 6.88. The van der Waals surface area contributed by atoms with Gasteiger partial charge in [0.2, 0.25) is 5.91 Å². The van der Waals surface area contributed by atoms with E-state index in [0.29, 0.717) is 25.9 Å². The number of nitrogens with zero attached hydrogens (tertiary/aromatic N) is 1. The molecule has 2 aromatic carbocycles. The van der Waals surface area contributed by atoms with Crippen molar-refractivity contribution in [1.29, 1.82) is 0 Å². The average molecular weight is 763 g/mol. The first-order chi connectivity index (χ1) is 25.9. The summed E-state index contributed by atoms with van der Waals surface area (Å²) >= 11 is 0. The van der Waals surface area contributed by atoms with E-state index in [2.05, 4.69) is 41.1 Å². The Bertz CT molecular complexity index is 1400. The number of ether oxygens (including phenoxy) is 4. The molecule has 1 aliphatic heterocycles. The number of carbonyl (C=O) groups is 1. The molecule has 1 heterocycles. The number of carbonyl (C=O) groups excluding carboxylic acids is 1. The number of aryl methyl sites for hydroxylation is 2. The smallest absolute Gasteiger partial charge is 0.220 e. The van der Waals surface area contributed by atoms with Gasteiger partial charge in [-0.15, -0.1) is 0 Å². The second-order valence-corrected chi connectivity index (χ2v) is 14.5. The van der Waals surface area contributed by atoms with E-state index in [-0.39, 0.29) is 18.9 Å². The third kappa shape index (κ3) is 14.6. The zero-order valence-corrected chi connectivity index (χ0v) is 32.9. The lowest BCUT2D eigenvalue weighted by Gasteiger charge is -2.45. The number of hydrogen-bond donors (Lipinski definition) is 4. The number of hydrogen-bond acceptors (Lipinski definition) is 9. The van der Waals surface area contributed by atoms with Gasteiger partial charge in [0, 0.05) is 45.8 Å². The lowest BCUT2D eigenvalue weighted by molar-refractivity contribution is -0.308. The lowest BCUT2D eigenvalue weighted by Crippen LogP contribution is -2.62. The Morgan fingerprint density at radius 2 is 1.54 bits per heavy atom. The Morgan fingerprint density at radius 3 is 2.13 bits per heavy atom. The van der Waals surface area contributed by atoms with E-state index in [1.165, 1.54) is 38.8 Å². The van der Waals surface area contributed by atoms with Gasteiger partial charge in [0.25, 0.3) is 0 Å². The largest absolute Gasteiger partial charge is 0.391 e. The van der Waals surface area contributed by atoms with Crippen LogP contribution in [0, 0.1) is 18.6 Å². The van der Waals surface area contributed by atoms with Crippen molar-refractivity contribution in [3.8, 4) is 0 Å². The SMILES string of the molecule is C=C(Cc1ccc(C)cc1)N(CC)CC1OC(OCC(NC(=O)CCCCCCCCCCc2ccc(F)c(F)c2)C(O)C(C)O)C(OC)C(O)C1OC. The molecule has 1 saturated heterocycles. The molecule has 2 aromatic rings. The second-order valence-electron chi connectivity index (χ2n) is 14.5. The molecule has 54 heavy (non-hydrogen) atoms. The van der Waals surface area contributed by atoms with Crippen molar-refractivity contribution in [1.82, 2.24) is 10.2 Å². The summed E-state index contributed by atoms with van der Waals surface area (Å²) in [7, 11) is 2.94. The quantitative estimate of drug-likeness (QED) is 0.0934. The number of nitrogens with one attached hydrogen (secondary N) is 1. The van der Waals surface area contributed by atoms with Gasteiger partial charge >= 0.3 is 0 Å². The summed E-state index contributed by atoms with van der Waals surface area (Å²) in [5, 5.41) is 35.1. The number of amides is 1. The highest BCUT2D eigenvalue weighted by Gasteiger charge is 2.47. The predicted molar refractivity (Wildman–Crippen MR) is 205 cm³/mol. The van der Waals surface area contributed by atoms with Crippen molar-refractivity contribution < 1.29 is 47.8 Å². The Hall–Kier alpha value is -2.97. The molecule has 3 rings (SSSR count). The third-order valence-corrected chi connectivity index (χ3v) is 10.2. The highest BCUT2D eigenvalue weighted by molar-refractivity contribution is 5.76. The predicted octanol–water partition coefficient (Wildman–Crippen LogP) is 5.76. The van der Waals surface area contributed by atoms with E-state index in [0.717, 1.165) is 68.2 Å². The maximum atomic E-state index is 13.4. The van der Waals surface area contributed by atoms with Crippen molar-refractivity contribution in [2.45, 2.75) is 140 Å². The highest BCUT2D eigenvalue weighted by atomic mass is 19.2. The van der Waals surface area contributed by atoms with Gasteiger partial charge < -0.3 is 44.5 Å². The lowest BCUT2D eigenvalue weighted by atomic mass is 9.97. The van der Waals surface area contributed by atoms with E-state index in [1.807, 2.05) is 13.8 Å². The number of likely N-dealkylation sites (N-methyl/N-ethyl adjacent to an activating group) is 1. The van der Waals surface area contributed by atoms with E-state index in [4.69, 9.17) is 18.9 Å². The molecule has 1 aliphatic rings. The number of methoxy groups -OCH3 is 2. The van der Waals surface area contributed by atoms with Crippen LogP contribution in [0.5, 0.6) is 0 Å². The maximum absolute atomic E-state index is 13.4. The van der Waals surface area contributed by atoms with Gasteiger partial charge in [0.1, 0.15) is 30.5 Å². The molecule has 0 spiro atoms. The zero-order chi connectivity index (χ0) is 39.6. The molecule has 1 amide bonds. The van der Waals surface area contributed by atoms with Crippen molar-refractivity contribution in [3.63, 3.8) is 0 Å². The topological polar surface area (TPSA) is 130 Å². The van der Waals surface area contributed by atoms with Crippen molar-refractivity contribution >= 4 is 5.91 Å². The summed E-state index contributed by atoms with van der Waals surface area (Å²) in [6.07, 6.45) is 2.37. The first-order valence-electron chi connectivity index (χ1n) is 19.5. The van der Waals surface area contributed by atoms with E-state index >= 15 is 0 Å². The molecule has 0 aromatic heterocycles. The molecule has 1 fully saturated rings. The first kappa shape index (κ1) is 45.4. The van der Waals surface area contributed by atoms with Gasteiger partial charge in [-0.05, 0) is 63.3 Å². The molecule has 12 heteroatoms. The zero-order valence-electron chi connectivity index (χ0n) is 32.9. The molecular formula is C42H64F2N2O8. The summed E-state index contributed by atoms with van der Waals surface area (Å²) in [4.78, 5) is 15.0. The molecule has 4 N–H and O–H groups in total. The van der Waals surface area contributed by atoms with Crippen LogP contribution in [0.25, 0.3) is 0 Å². The fourth-order valence-corrected chi connectivity index (χ4v) is 6.88. The Balaban J connectivity index is 1.46. The number of aliphatic hydroxyl groups excluding tert-OH is 3. The standard InChI is InChI=1S/C42H64F2N2O8/c1-7-46(29(3)24-32-20-18-28(2)19-21-32)26-36-40(51-5)39(50)41(52-6)42(54-36)53-27-35(38(49)30(4)47)45-37(48)17-15-13-11-9-8-10-12-14-16-31-22-23-33(43)34(44)25-31/h18-23,25,30,35-36,38-42,47,49-50H,3,7-17,24,26-27H2,1-2,4-6H3,(H,45,48). The van der Waals surface area contributed by atoms with Crippen LogP contribution in [0.3, 0.4) is 0 Å². The number of benzene rings is 2. The van der Waals surface area contributed by atoms with Crippen LogP contribution < -0.4 is 5.32 Å². The van der Waals surface area contributed by atoms with Crippen molar-refractivity contribution in [2.75, 3.05) is 33.9 Å². The normalized spacial score (nSPS) is 21.7. The summed E-state index contributed by atoms with van der Waals surface area (Å²) < 4.78 is 50.2. The number of aliphatic hydroxyl groups is 3. The van der Waals surface area contributed by atoms with Crippen LogP contribution in [0.2, 0.25) is 0 Å². The van der Waals surface area contributed by atoms with Crippen LogP contribution in [0.4, 0.5) is 8.78 Å². The molecule has 8 unspecified atom stereocenters. The van der Waals surface area contributed by atoms with Gasteiger partial charge in [-0.1, -0.05) is 81.0 Å². The number of allylic oxidation sites excluding steroid dienone is 1. The van der Waals surface area contributed by atoms with Crippen LogP contribution in [0.15, 0.2) is 54.7 Å². The van der Waals surface area contributed by atoms with Crippen LogP contribution in [-0.2, 0) is 36.6 Å². The molecule has 0 bridgehead atoms. The summed E-state index contributed by atoms with van der Waals surface area (Å²) in [6, 6.07) is 11.4. The third-order valence-electron chi connectivity index (χ3n) is 10.2. The van der Waals surface area contributed by atoms with E-state index < -0.39 is 60.6 Å². The monoisotopic (exact) mass is 762 g/mol. The number of unbranched alkanes of at least 4 members (excludes halogenated alkanes) is 7. The maximum Gasteiger partial charge on any atom is 0.220 e. The van der Waals surface area contributed by atoms with Crippen LogP contribution >= 0.6 is 0 Å². The summed E-state index contributed by atoms with van der Waals surface area (Å²) in [5.41, 5.74) is 4.00. The Morgan fingerprint density at radius 1 is 0.926 bits per heavy atom. The number of halogens is 2. The Kier molecular flexibility index (Phi) is 20.1. The Labute approximate surface area is 320 Å². The van der Waals surface area contributed by atoms with Gasteiger partial charge in [0.05, 0.1) is 18.8 Å². The molecule has 304 valence electrons.